The first-order valence-electron chi connectivity index (χ1n) is 12.0. The van der Waals surface area contributed by atoms with E-state index in [0.29, 0.717) is 29.4 Å². The molecule has 1 aliphatic heterocycles. The lowest BCUT2D eigenvalue weighted by molar-refractivity contribution is 0.0298. The zero-order chi connectivity index (χ0) is 27.2. The number of fused-ring (bicyclic) bond motifs is 1. The normalized spacial score (nSPS) is 15.6. The third-order valence-corrected chi connectivity index (χ3v) is 6.82. The molecule has 0 radical (unpaired) electrons. The van der Waals surface area contributed by atoms with Crippen LogP contribution in [-0.4, -0.2) is 75.6 Å². The molecule has 1 N–H and O–H groups in total. The molecule has 0 saturated carbocycles. The number of carbonyl (C=O) groups is 1. The third kappa shape index (κ3) is 4.44. The highest BCUT2D eigenvalue weighted by atomic mass is 19.2. The van der Waals surface area contributed by atoms with Crippen LogP contribution in [0.2, 0.25) is 0 Å². The minimum absolute atomic E-state index is 0.224. The Labute approximate surface area is 219 Å². The van der Waals surface area contributed by atoms with Crippen molar-refractivity contribution < 1.29 is 18.3 Å². The molecule has 0 spiro atoms. The second-order valence-corrected chi connectivity index (χ2v) is 9.76. The molecule has 0 saturated heterocycles. The molecule has 38 heavy (non-hydrogen) atoms. The molecule has 0 bridgehead atoms. The number of imidazole rings is 1. The lowest BCUT2D eigenvalue weighted by Gasteiger charge is -2.46. The molecule has 3 aromatic heterocycles. The zero-order valence-corrected chi connectivity index (χ0v) is 21.7. The van der Waals surface area contributed by atoms with Crippen molar-refractivity contribution in [1.82, 2.24) is 34.2 Å². The van der Waals surface area contributed by atoms with Crippen LogP contribution in [0, 0.1) is 18.6 Å². The van der Waals surface area contributed by atoms with Crippen LogP contribution in [0.4, 0.5) is 20.5 Å². The number of hydrogen-bond acceptors (Lipinski definition) is 7. The van der Waals surface area contributed by atoms with E-state index in [-0.39, 0.29) is 24.4 Å². The average molecular weight is 518 g/mol. The van der Waals surface area contributed by atoms with Crippen molar-refractivity contribution in [3.63, 3.8) is 0 Å². The molecule has 4 aromatic rings. The third-order valence-electron chi connectivity index (χ3n) is 6.82. The van der Waals surface area contributed by atoms with E-state index >= 15 is 0 Å². The highest BCUT2D eigenvalue weighted by Gasteiger charge is 2.43. The quantitative estimate of drug-likeness (QED) is 0.364. The van der Waals surface area contributed by atoms with Crippen molar-refractivity contribution in [3.8, 4) is 11.4 Å². The first-order valence-corrected chi connectivity index (χ1v) is 12.0. The summed E-state index contributed by atoms with van der Waals surface area (Å²) in [5, 5.41) is 6.29. The molecular weight excluding hydrogens is 492 g/mol. The fourth-order valence-electron chi connectivity index (χ4n) is 4.84. The Balaban J connectivity index is 1.52. The number of benzene rings is 1. The van der Waals surface area contributed by atoms with E-state index in [4.69, 9.17) is 4.74 Å². The Morgan fingerprint density at radius 3 is 2.68 bits per heavy atom. The Morgan fingerprint density at radius 2 is 2.00 bits per heavy atom. The van der Waals surface area contributed by atoms with Gasteiger partial charge in [0.2, 0.25) is 5.95 Å². The van der Waals surface area contributed by atoms with Crippen LogP contribution in [0.15, 0.2) is 42.9 Å². The van der Waals surface area contributed by atoms with Gasteiger partial charge in [-0.05, 0) is 30.2 Å². The van der Waals surface area contributed by atoms with Crippen LogP contribution < -0.4 is 5.32 Å². The summed E-state index contributed by atoms with van der Waals surface area (Å²) in [5.41, 5.74) is 2.35. The standard InChI is InChI=1S/C24H26B2F2N8O2/c1-13-9-29-23(32-19-6-7-30-34(19)2)33-20(13)18-11-35-10-15(12-38-3)36(22(37)21(35)31-18)24(25,26)14-4-5-16(27)17(28)8-14/h4-9,11,15H,10,12,25-26H2,1-3H3,(H,29,32,33). The predicted octanol–water partition coefficient (Wildman–Crippen LogP) is 0.951. The Morgan fingerprint density at radius 1 is 1.21 bits per heavy atom. The number of anilines is 2. The zero-order valence-electron chi connectivity index (χ0n) is 21.7. The molecule has 194 valence electrons. The van der Waals surface area contributed by atoms with Gasteiger partial charge in [-0.3, -0.25) is 9.48 Å². The Hall–Kier alpha value is -4.06. The monoisotopic (exact) mass is 518 g/mol. The number of ether oxygens (including phenoxy) is 1. The van der Waals surface area contributed by atoms with E-state index in [1.807, 2.05) is 6.92 Å². The summed E-state index contributed by atoms with van der Waals surface area (Å²) < 4.78 is 36.6. The number of halogens is 2. The van der Waals surface area contributed by atoms with E-state index in [2.05, 4.69) is 25.4 Å². The van der Waals surface area contributed by atoms with Gasteiger partial charge < -0.3 is 19.5 Å². The molecule has 1 unspecified atom stereocenters. The highest BCUT2D eigenvalue weighted by molar-refractivity contribution is 6.40. The number of carbonyl (C=O) groups excluding carboxylic acids is 1. The maximum absolute atomic E-state index is 14.1. The van der Waals surface area contributed by atoms with Crippen molar-refractivity contribution >= 4 is 33.4 Å². The topological polar surface area (TPSA) is 103 Å². The van der Waals surface area contributed by atoms with Crippen LogP contribution in [0.1, 0.15) is 21.7 Å². The van der Waals surface area contributed by atoms with Gasteiger partial charge in [-0.2, -0.15) is 5.10 Å². The van der Waals surface area contributed by atoms with E-state index in [0.717, 1.165) is 23.5 Å². The predicted molar refractivity (Wildman–Crippen MR) is 141 cm³/mol. The number of aromatic nitrogens is 6. The number of nitrogens with one attached hydrogen (secondary N) is 1. The molecule has 1 aromatic carbocycles. The molecule has 5 rings (SSSR count). The van der Waals surface area contributed by atoms with Gasteiger partial charge in [0.05, 0.1) is 24.5 Å². The molecule has 1 atom stereocenters. The molecule has 1 amide bonds. The molecule has 4 heterocycles. The number of nitrogens with zero attached hydrogens (tertiary/aromatic N) is 7. The summed E-state index contributed by atoms with van der Waals surface area (Å²) >= 11 is 0. The SMILES string of the molecule is BC(B)(c1ccc(F)c(F)c1)N1C(=O)c2nc(-c3nc(Nc4ccnn4C)ncc3C)cn2CC1COC. The summed E-state index contributed by atoms with van der Waals surface area (Å²) in [7, 11) is 6.95. The molecule has 0 aliphatic carbocycles. The largest absolute Gasteiger partial charge is 0.382 e. The molecule has 14 heteroatoms. The van der Waals surface area contributed by atoms with Crippen molar-refractivity contribution in [1.29, 1.82) is 0 Å². The van der Waals surface area contributed by atoms with Crippen molar-refractivity contribution in [2.24, 2.45) is 7.05 Å². The smallest absolute Gasteiger partial charge is 0.289 e. The van der Waals surface area contributed by atoms with Crippen LogP contribution in [0.5, 0.6) is 0 Å². The van der Waals surface area contributed by atoms with Crippen molar-refractivity contribution in [2.75, 3.05) is 19.0 Å². The maximum atomic E-state index is 14.1. The van der Waals surface area contributed by atoms with Gasteiger partial charge in [0, 0.05) is 44.5 Å². The van der Waals surface area contributed by atoms with Gasteiger partial charge in [0.1, 0.15) is 27.2 Å². The van der Waals surface area contributed by atoms with Crippen molar-refractivity contribution in [2.45, 2.75) is 24.8 Å². The first kappa shape index (κ1) is 25.6. The van der Waals surface area contributed by atoms with Crippen LogP contribution in [0.3, 0.4) is 0 Å². The summed E-state index contributed by atoms with van der Waals surface area (Å²) in [6, 6.07) is 5.11. The second-order valence-electron chi connectivity index (χ2n) is 9.76. The molecule has 0 fully saturated rings. The van der Waals surface area contributed by atoms with Gasteiger partial charge in [-0.25, -0.2) is 23.7 Å². The average Bonchev–Trinajstić information content (AvgIpc) is 3.48. The lowest BCUT2D eigenvalue weighted by Crippen LogP contribution is -2.60. The number of hydrogen-bond donors (Lipinski definition) is 1. The fourth-order valence-corrected chi connectivity index (χ4v) is 4.84. The van der Waals surface area contributed by atoms with Gasteiger partial charge in [0.15, 0.2) is 17.5 Å². The number of amides is 1. The van der Waals surface area contributed by atoms with E-state index in [1.54, 1.807) is 68.7 Å². The van der Waals surface area contributed by atoms with Crippen molar-refractivity contribution in [3.05, 3.63) is 71.4 Å². The van der Waals surface area contributed by atoms with Gasteiger partial charge >= 0.3 is 0 Å². The van der Waals surface area contributed by atoms with Crippen LogP contribution in [0.25, 0.3) is 11.4 Å². The molecule has 10 nitrogen and oxygen atoms in total. The lowest BCUT2D eigenvalue weighted by atomic mass is 9.56. The number of rotatable bonds is 7. The molecular formula is C24H26B2F2N8O2. The first-order chi connectivity index (χ1) is 18.1. The Kier molecular flexibility index (Phi) is 6.51. The number of methoxy groups -OCH3 is 1. The summed E-state index contributed by atoms with van der Waals surface area (Å²) in [5.74, 6) is -0.953. The van der Waals surface area contributed by atoms with Gasteiger partial charge in [0.25, 0.3) is 5.91 Å². The summed E-state index contributed by atoms with van der Waals surface area (Å²) in [6.07, 6.45) is 5.14. The fraction of sp³-hybridized carbons (Fsp3) is 0.292. The van der Waals surface area contributed by atoms with E-state index in [9.17, 15) is 13.6 Å². The number of aryl methyl sites for hydroxylation is 2. The minimum atomic E-state index is -0.975. The van der Waals surface area contributed by atoms with Gasteiger partial charge in [-0.15, -0.1) is 0 Å². The van der Waals surface area contributed by atoms with Gasteiger partial charge in [-0.1, -0.05) is 6.07 Å². The van der Waals surface area contributed by atoms with E-state index in [1.165, 1.54) is 6.07 Å². The minimum Gasteiger partial charge on any atom is -0.382 e. The second kappa shape index (κ2) is 9.67. The maximum Gasteiger partial charge on any atom is 0.289 e. The van der Waals surface area contributed by atoms with E-state index < -0.39 is 17.0 Å². The molecule has 1 aliphatic rings. The van der Waals surface area contributed by atoms with Crippen LogP contribution in [-0.2, 0) is 23.7 Å². The summed E-state index contributed by atoms with van der Waals surface area (Å²) in [4.78, 5) is 29.2. The summed E-state index contributed by atoms with van der Waals surface area (Å²) in [6.45, 7) is 2.52. The van der Waals surface area contributed by atoms with Crippen LogP contribution >= 0.6 is 0 Å². The Bertz CT molecular complexity index is 1520. The highest BCUT2D eigenvalue weighted by Crippen LogP contribution is 2.32.